The molecule has 0 aliphatic carbocycles. The van der Waals surface area contributed by atoms with Crippen LogP contribution in [-0.4, -0.2) is 38.1 Å². The zero-order chi connectivity index (χ0) is 19.2. The number of hydrogen-bond donors (Lipinski definition) is 1. The normalized spacial score (nSPS) is 12.1. The molecule has 4 nitrogen and oxygen atoms in total. The minimum Gasteiger partial charge on any atom is -0.484 e. The Hall–Kier alpha value is -2.92. The van der Waals surface area contributed by atoms with Gasteiger partial charge in [0.05, 0.1) is 6.04 Å². The van der Waals surface area contributed by atoms with Gasteiger partial charge in [-0.3, -0.25) is 4.79 Å². The minimum absolute atomic E-state index is 0.0461. The van der Waals surface area contributed by atoms with Crippen LogP contribution in [0.5, 0.6) is 5.75 Å². The number of rotatable bonds is 7. The van der Waals surface area contributed by atoms with Gasteiger partial charge in [-0.25, -0.2) is 4.39 Å². The second kappa shape index (κ2) is 8.64. The van der Waals surface area contributed by atoms with Crippen LogP contribution < -0.4 is 10.1 Å². The van der Waals surface area contributed by atoms with Crippen LogP contribution >= 0.6 is 0 Å². The van der Waals surface area contributed by atoms with E-state index in [4.69, 9.17) is 4.74 Å². The first-order valence-corrected chi connectivity index (χ1v) is 8.83. The largest absolute Gasteiger partial charge is 0.484 e. The predicted molar refractivity (Wildman–Crippen MR) is 105 cm³/mol. The molecule has 1 atom stereocenters. The van der Waals surface area contributed by atoms with Gasteiger partial charge in [-0.2, -0.15) is 0 Å². The van der Waals surface area contributed by atoms with Gasteiger partial charge in [-0.05, 0) is 54.7 Å². The van der Waals surface area contributed by atoms with Crippen molar-refractivity contribution in [1.82, 2.24) is 10.2 Å². The molecule has 5 heteroatoms. The summed E-state index contributed by atoms with van der Waals surface area (Å²) in [6.07, 6.45) is 0. The van der Waals surface area contributed by atoms with Crippen molar-refractivity contribution in [2.45, 2.75) is 6.04 Å². The Kier molecular flexibility index (Phi) is 6.04. The van der Waals surface area contributed by atoms with E-state index in [0.29, 0.717) is 12.3 Å². The number of nitrogens with one attached hydrogen (secondary N) is 1. The van der Waals surface area contributed by atoms with Gasteiger partial charge in [-0.15, -0.1) is 0 Å². The van der Waals surface area contributed by atoms with E-state index in [1.165, 1.54) is 12.1 Å². The molecule has 1 amide bonds. The molecule has 3 aromatic rings. The van der Waals surface area contributed by atoms with Crippen molar-refractivity contribution < 1.29 is 13.9 Å². The molecule has 0 heterocycles. The van der Waals surface area contributed by atoms with E-state index in [2.05, 4.69) is 5.32 Å². The highest BCUT2D eigenvalue weighted by Crippen LogP contribution is 2.21. The summed E-state index contributed by atoms with van der Waals surface area (Å²) in [7, 11) is 3.84. The smallest absolute Gasteiger partial charge is 0.258 e. The van der Waals surface area contributed by atoms with Crippen LogP contribution in [0.1, 0.15) is 11.6 Å². The monoisotopic (exact) mass is 366 g/mol. The Bertz CT molecular complexity index is 910. The number of fused-ring (bicyclic) bond motifs is 1. The highest BCUT2D eigenvalue weighted by molar-refractivity contribution is 5.84. The van der Waals surface area contributed by atoms with Gasteiger partial charge >= 0.3 is 0 Å². The number of benzene rings is 3. The lowest BCUT2D eigenvalue weighted by Gasteiger charge is -2.25. The summed E-state index contributed by atoms with van der Waals surface area (Å²) in [5.74, 6) is 0.188. The van der Waals surface area contributed by atoms with Crippen molar-refractivity contribution in [1.29, 1.82) is 0 Å². The van der Waals surface area contributed by atoms with Crippen molar-refractivity contribution in [3.63, 3.8) is 0 Å². The Morgan fingerprint density at radius 1 is 1.04 bits per heavy atom. The van der Waals surface area contributed by atoms with Crippen molar-refractivity contribution in [2.24, 2.45) is 0 Å². The van der Waals surface area contributed by atoms with E-state index < -0.39 is 0 Å². The average Bonchev–Trinajstić information content (AvgIpc) is 2.67. The van der Waals surface area contributed by atoms with Gasteiger partial charge in [-0.1, -0.05) is 42.5 Å². The molecule has 0 unspecified atom stereocenters. The number of carbonyl (C=O) groups excluding carboxylic acids is 1. The van der Waals surface area contributed by atoms with Gasteiger partial charge < -0.3 is 15.0 Å². The van der Waals surface area contributed by atoms with Gasteiger partial charge in [0.15, 0.2) is 6.61 Å². The number of halogens is 1. The highest BCUT2D eigenvalue weighted by atomic mass is 19.1. The predicted octanol–water partition coefficient (Wildman–Crippen LogP) is 3.78. The molecule has 0 bridgehead atoms. The van der Waals surface area contributed by atoms with E-state index in [1.54, 1.807) is 12.1 Å². The number of nitrogens with zero attached hydrogens (tertiary/aromatic N) is 1. The lowest BCUT2D eigenvalue weighted by Crippen LogP contribution is -2.36. The highest BCUT2D eigenvalue weighted by Gasteiger charge is 2.15. The third kappa shape index (κ3) is 5.05. The SMILES string of the molecule is CN(C)[C@H](CNC(=O)COc1ccc2ccccc2c1)c1ccc(F)cc1. The third-order valence-corrected chi connectivity index (χ3v) is 4.46. The fraction of sp³-hybridized carbons (Fsp3) is 0.227. The maximum absolute atomic E-state index is 13.1. The Balaban J connectivity index is 1.55. The molecule has 140 valence electrons. The molecule has 0 saturated heterocycles. The molecule has 0 fully saturated rings. The standard InChI is InChI=1S/C22H23FN2O2/c1-25(2)21(17-7-10-19(23)11-8-17)14-24-22(26)15-27-20-12-9-16-5-3-4-6-18(16)13-20/h3-13,21H,14-15H2,1-2H3,(H,24,26)/t21-/m1/s1. The maximum atomic E-state index is 13.1. The summed E-state index contributed by atoms with van der Waals surface area (Å²) in [5.41, 5.74) is 0.942. The molecule has 3 aromatic carbocycles. The lowest BCUT2D eigenvalue weighted by atomic mass is 10.1. The number of likely N-dealkylation sites (N-methyl/N-ethyl adjacent to an activating group) is 1. The number of ether oxygens (including phenoxy) is 1. The molecule has 0 radical (unpaired) electrons. The summed E-state index contributed by atoms with van der Waals surface area (Å²) >= 11 is 0. The van der Waals surface area contributed by atoms with Crippen LogP contribution in [-0.2, 0) is 4.79 Å². The van der Waals surface area contributed by atoms with E-state index in [1.807, 2.05) is 61.5 Å². The van der Waals surface area contributed by atoms with Crippen LogP contribution in [0.15, 0.2) is 66.7 Å². The van der Waals surface area contributed by atoms with Gasteiger partial charge in [0.1, 0.15) is 11.6 Å². The summed E-state index contributed by atoms with van der Waals surface area (Å²) in [5, 5.41) is 5.08. The number of carbonyl (C=O) groups is 1. The molecule has 3 rings (SSSR count). The first kappa shape index (κ1) is 18.9. The summed E-state index contributed by atoms with van der Waals surface area (Å²) in [6, 6.07) is 20.0. The fourth-order valence-corrected chi connectivity index (χ4v) is 2.95. The van der Waals surface area contributed by atoms with Crippen LogP contribution in [0.4, 0.5) is 4.39 Å². The maximum Gasteiger partial charge on any atom is 0.258 e. The van der Waals surface area contributed by atoms with Gasteiger partial charge in [0.2, 0.25) is 0 Å². The van der Waals surface area contributed by atoms with Gasteiger partial charge in [0, 0.05) is 6.54 Å². The molecular formula is C22H23FN2O2. The summed E-state index contributed by atoms with van der Waals surface area (Å²) in [4.78, 5) is 14.2. The molecule has 1 N–H and O–H groups in total. The van der Waals surface area contributed by atoms with Crippen molar-refractivity contribution >= 4 is 16.7 Å². The number of hydrogen-bond acceptors (Lipinski definition) is 3. The summed E-state index contributed by atoms with van der Waals surface area (Å²) in [6.45, 7) is 0.362. The topological polar surface area (TPSA) is 41.6 Å². The fourth-order valence-electron chi connectivity index (χ4n) is 2.95. The van der Waals surface area contributed by atoms with E-state index >= 15 is 0 Å². The van der Waals surface area contributed by atoms with Crippen LogP contribution in [0.25, 0.3) is 10.8 Å². The second-order valence-electron chi connectivity index (χ2n) is 6.63. The molecular weight excluding hydrogens is 343 g/mol. The molecule has 0 spiro atoms. The average molecular weight is 366 g/mol. The second-order valence-corrected chi connectivity index (χ2v) is 6.63. The molecule has 0 aromatic heterocycles. The van der Waals surface area contributed by atoms with E-state index in [0.717, 1.165) is 16.3 Å². The van der Waals surface area contributed by atoms with Crippen molar-refractivity contribution in [3.05, 3.63) is 78.1 Å². The van der Waals surface area contributed by atoms with E-state index in [9.17, 15) is 9.18 Å². The van der Waals surface area contributed by atoms with Crippen LogP contribution in [0, 0.1) is 5.82 Å². The molecule has 27 heavy (non-hydrogen) atoms. The molecule has 0 aliphatic rings. The first-order valence-electron chi connectivity index (χ1n) is 8.83. The van der Waals surface area contributed by atoms with Crippen LogP contribution in [0.3, 0.4) is 0 Å². The minimum atomic E-state index is -0.274. The molecule has 0 saturated carbocycles. The summed E-state index contributed by atoms with van der Waals surface area (Å²) < 4.78 is 18.7. The van der Waals surface area contributed by atoms with Gasteiger partial charge in [0.25, 0.3) is 5.91 Å². The Morgan fingerprint density at radius 2 is 1.74 bits per heavy atom. The zero-order valence-electron chi connectivity index (χ0n) is 15.5. The first-order chi connectivity index (χ1) is 13.0. The van der Waals surface area contributed by atoms with E-state index in [-0.39, 0.29) is 24.4 Å². The quantitative estimate of drug-likeness (QED) is 0.692. The Labute approximate surface area is 158 Å². The van der Waals surface area contributed by atoms with Crippen LogP contribution in [0.2, 0.25) is 0 Å². The van der Waals surface area contributed by atoms with Crippen molar-refractivity contribution in [2.75, 3.05) is 27.2 Å². The van der Waals surface area contributed by atoms with Crippen molar-refractivity contribution in [3.8, 4) is 5.75 Å². The Morgan fingerprint density at radius 3 is 2.44 bits per heavy atom. The zero-order valence-corrected chi connectivity index (χ0v) is 15.5. The number of amides is 1. The lowest BCUT2D eigenvalue weighted by molar-refractivity contribution is -0.123. The molecule has 0 aliphatic heterocycles. The third-order valence-electron chi connectivity index (χ3n) is 4.46.